The summed E-state index contributed by atoms with van der Waals surface area (Å²) in [7, 11) is 1.28. The van der Waals surface area contributed by atoms with E-state index in [-0.39, 0.29) is 35.4 Å². The predicted octanol–water partition coefficient (Wildman–Crippen LogP) is 1.57. The van der Waals surface area contributed by atoms with Crippen molar-refractivity contribution in [2.45, 2.75) is 51.0 Å². The lowest BCUT2D eigenvalue weighted by Gasteiger charge is -2.15. The van der Waals surface area contributed by atoms with Gasteiger partial charge in [-0.15, -0.1) is 0 Å². The highest BCUT2D eigenvalue weighted by Crippen LogP contribution is 2.19. The maximum atomic E-state index is 12.9. The Hall–Kier alpha value is -2.39. The zero-order valence-electron chi connectivity index (χ0n) is 16.4. The van der Waals surface area contributed by atoms with Crippen LogP contribution in [0.15, 0.2) is 28.2 Å². The minimum absolute atomic E-state index is 0.0514. The molecule has 2 aromatic rings. The van der Waals surface area contributed by atoms with Gasteiger partial charge in [-0.25, -0.2) is 9.78 Å². The molecule has 2 atom stereocenters. The lowest BCUT2D eigenvalue weighted by molar-refractivity contribution is -0.119. The number of hydrogen-bond donors (Lipinski definition) is 2. The van der Waals surface area contributed by atoms with Crippen molar-refractivity contribution in [3.8, 4) is 0 Å². The molecule has 0 saturated heterocycles. The van der Waals surface area contributed by atoms with Gasteiger partial charge < -0.3 is 15.2 Å². The van der Waals surface area contributed by atoms with Crippen molar-refractivity contribution < 1.29 is 19.4 Å². The monoisotopic (exact) mass is 407 g/mol. The van der Waals surface area contributed by atoms with Gasteiger partial charge in [-0.2, -0.15) is 0 Å². The van der Waals surface area contributed by atoms with E-state index in [1.165, 1.54) is 29.9 Å². The van der Waals surface area contributed by atoms with Crippen LogP contribution in [-0.2, 0) is 16.1 Å². The summed E-state index contributed by atoms with van der Waals surface area (Å²) in [5.41, 5.74) is 0.271. The summed E-state index contributed by atoms with van der Waals surface area (Å²) in [4.78, 5) is 41.2. The number of carbonyl (C=O) groups excluding carboxylic acids is 2. The second kappa shape index (κ2) is 9.70. The number of ether oxygens (including phenoxy) is 1. The van der Waals surface area contributed by atoms with Gasteiger partial charge in [0, 0.05) is 6.04 Å². The number of aromatic nitrogens is 2. The summed E-state index contributed by atoms with van der Waals surface area (Å²) in [6.45, 7) is 5.51. The SMILES string of the molecule is CC[C@H](C)NC(=O)CSc1nc2cc(C(=O)OC)ccc2c(=O)n1C[C@H](C)O. The fraction of sp³-hybridized carbons (Fsp3) is 0.474. The summed E-state index contributed by atoms with van der Waals surface area (Å²) in [6.07, 6.45) is 0.0489. The number of esters is 1. The van der Waals surface area contributed by atoms with Crippen LogP contribution in [0.25, 0.3) is 10.9 Å². The molecule has 0 bridgehead atoms. The van der Waals surface area contributed by atoms with Crippen molar-refractivity contribution in [2.75, 3.05) is 12.9 Å². The van der Waals surface area contributed by atoms with Gasteiger partial charge in [0.25, 0.3) is 5.56 Å². The van der Waals surface area contributed by atoms with Crippen LogP contribution < -0.4 is 10.9 Å². The highest BCUT2D eigenvalue weighted by Gasteiger charge is 2.17. The van der Waals surface area contributed by atoms with E-state index in [4.69, 9.17) is 4.74 Å². The Kier molecular flexibility index (Phi) is 7.59. The first-order chi connectivity index (χ1) is 13.3. The molecular formula is C19H25N3O5S. The molecule has 28 heavy (non-hydrogen) atoms. The van der Waals surface area contributed by atoms with E-state index in [1.54, 1.807) is 6.92 Å². The quantitative estimate of drug-likeness (QED) is 0.388. The lowest BCUT2D eigenvalue weighted by Crippen LogP contribution is -2.33. The second-order valence-corrected chi connectivity index (χ2v) is 7.49. The Bertz CT molecular complexity index is 926. The van der Waals surface area contributed by atoms with Gasteiger partial charge in [0.15, 0.2) is 5.16 Å². The number of aliphatic hydroxyl groups excluding tert-OH is 1. The number of amides is 1. The molecule has 1 aromatic heterocycles. The summed E-state index contributed by atoms with van der Waals surface area (Å²) < 4.78 is 6.06. The molecule has 2 N–H and O–H groups in total. The molecule has 9 heteroatoms. The minimum Gasteiger partial charge on any atom is -0.465 e. The first-order valence-corrected chi connectivity index (χ1v) is 9.98. The molecule has 8 nitrogen and oxygen atoms in total. The third-order valence-corrected chi connectivity index (χ3v) is 5.12. The molecule has 1 amide bonds. The van der Waals surface area contributed by atoms with Crippen molar-refractivity contribution in [3.63, 3.8) is 0 Å². The Labute approximate surface area is 167 Å². The van der Waals surface area contributed by atoms with Crippen LogP contribution in [0, 0.1) is 0 Å². The van der Waals surface area contributed by atoms with E-state index < -0.39 is 12.1 Å². The van der Waals surface area contributed by atoms with Crippen molar-refractivity contribution in [3.05, 3.63) is 34.1 Å². The van der Waals surface area contributed by atoms with Crippen LogP contribution in [0.2, 0.25) is 0 Å². The lowest BCUT2D eigenvalue weighted by atomic mass is 10.1. The topological polar surface area (TPSA) is 111 Å². The number of fused-ring (bicyclic) bond motifs is 1. The minimum atomic E-state index is -0.764. The molecule has 0 saturated carbocycles. The van der Waals surface area contributed by atoms with Gasteiger partial charge >= 0.3 is 5.97 Å². The Morgan fingerprint density at radius 1 is 1.36 bits per heavy atom. The predicted molar refractivity (Wildman–Crippen MR) is 108 cm³/mol. The third kappa shape index (κ3) is 5.32. The van der Waals surface area contributed by atoms with Crippen molar-refractivity contribution in [2.24, 2.45) is 0 Å². The number of aliphatic hydroxyl groups is 1. The van der Waals surface area contributed by atoms with Crippen LogP contribution in [0.5, 0.6) is 0 Å². The number of carbonyl (C=O) groups is 2. The molecular weight excluding hydrogens is 382 g/mol. The largest absolute Gasteiger partial charge is 0.465 e. The molecule has 1 heterocycles. The summed E-state index contributed by atoms with van der Waals surface area (Å²) in [5.74, 6) is -0.613. The maximum Gasteiger partial charge on any atom is 0.337 e. The van der Waals surface area contributed by atoms with E-state index >= 15 is 0 Å². The van der Waals surface area contributed by atoms with Gasteiger partial charge in [-0.05, 0) is 38.5 Å². The summed E-state index contributed by atoms with van der Waals surface area (Å²) >= 11 is 1.11. The molecule has 0 aliphatic carbocycles. The van der Waals surface area contributed by atoms with E-state index in [0.29, 0.717) is 16.1 Å². The van der Waals surface area contributed by atoms with Crippen LogP contribution in [0.4, 0.5) is 0 Å². The number of benzene rings is 1. The standard InChI is InChI=1S/C19H25N3O5S/c1-5-11(2)20-16(24)10-28-19-21-15-8-13(18(26)27-4)6-7-14(15)17(25)22(19)9-12(3)23/h6-8,11-12,23H,5,9-10H2,1-4H3,(H,20,24)/t11-,12-/m0/s1. The van der Waals surface area contributed by atoms with Crippen LogP contribution in [0.3, 0.4) is 0 Å². The van der Waals surface area contributed by atoms with Gasteiger partial charge in [0.2, 0.25) is 5.91 Å². The van der Waals surface area contributed by atoms with E-state index in [2.05, 4.69) is 10.3 Å². The van der Waals surface area contributed by atoms with Gasteiger partial charge in [-0.3, -0.25) is 14.2 Å². The number of methoxy groups -OCH3 is 1. The molecule has 0 aliphatic heterocycles. The molecule has 0 unspecified atom stereocenters. The smallest absolute Gasteiger partial charge is 0.337 e. The van der Waals surface area contributed by atoms with Crippen molar-refractivity contribution >= 4 is 34.5 Å². The molecule has 0 aliphatic rings. The fourth-order valence-electron chi connectivity index (χ4n) is 2.53. The van der Waals surface area contributed by atoms with Crippen molar-refractivity contribution in [1.29, 1.82) is 0 Å². The molecule has 152 valence electrons. The summed E-state index contributed by atoms with van der Waals surface area (Å²) in [5, 5.41) is 13.3. The summed E-state index contributed by atoms with van der Waals surface area (Å²) in [6, 6.07) is 4.55. The van der Waals surface area contributed by atoms with Crippen LogP contribution in [-0.4, -0.2) is 51.5 Å². The highest BCUT2D eigenvalue weighted by molar-refractivity contribution is 7.99. The van der Waals surface area contributed by atoms with Crippen LogP contribution >= 0.6 is 11.8 Å². The molecule has 1 aromatic carbocycles. The molecule has 2 rings (SSSR count). The normalized spacial score (nSPS) is 13.2. The zero-order chi connectivity index (χ0) is 20.8. The number of hydrogen-bond acceptors (Lipinski definition) is 7. The zero-order valence-corrected chi connectivity index (χ0v) is 17.2. The Morgan fingerprint density at radius 2 is 2.07 bits per heavy atom. The average molecular weight is 407 g/mol. The van der Waals surface area contributed by atoms with E-state index in [9.17, 15) is 19.5 Å². The number of thioether (sulfide) groups is 1. The molecule has 0 fully saturated rings. The van der Waals surface area contributed by atoms with Gasteiger partial charge in [0.05, 0.1) is 42.0 Å². The van der Waals surface area contributed by atoms with Crippen molar-refractivity contribution in [1.82, 2.24) is 14.9 Å². The average Bonchev–Trinajstić information content (AvgIpc) is 2.67. The number of rotatable bonds is 8. The first kappa shape index (κ1) is 21.9. The van der Waals surface area contributed by atoms with Gasteiger partial charge in [-0.1, -0.05) is 18.7 Å². The number of nitrogens with one attached hydrogen (secondary N) is 1. The second-order valence-electron chi connectivity index (χ2n) is 6.55. The molecule has 0 spiro atoms. The van der Waals surface area contributed by atoms with Gasteiger partial charge in [0.1, 0.15) is 0 Å². The van der Waals surface area contributed by atoms with Crippen LogP contribution in [0.1, 0.15) is 37.6 Å². The first-order valence-electron chi connectivity index (χ1n) is 8.99. The Morgan fingerprint density at radius 3 is 2.68 bits per heavy atom. The maximum absolute atomic E-state index is 12.9. The number of nitrogens with zero attached hydrogens (tertiary/aromatic N) is 2. The van der Waals surface area contributed by atoms with E-state index in [1.807, 2.05) is 13.8 Å². The Balaban J connectivity index is 2.43. The molecule has 0 radical (unpaired) electrons. The third-order valence-electron chi connectivity index (χ3n) is 4.14. The van der Waals surface area contributed by atoms with E-state index in [0.717, 1.165) is 18.2 Å². The highest BCUT2D eigenvalue weighted by atomic mass is 32.2. The fourth-order valence-corrected chi connectivity index (χ4v) is 3.35.